The third-order valence-electron chi connectivity index (χ3n) is 3.68. The SMILES string of the molecule is COc1cc(C(=O)NCCc2ccccn2)ccc1OCc1cscn1. The number of hydrogen-bond donors (Lipinski definition) is 1. The van der Waals surface area contributed by atoms with E-state index in [0.29, 0.717) is 36.6 Å². The van der Waals surface area contributed by atoms with Gasteiger partial charge >= 0.3 is 0 Å². The molecule has 0 unspecified atom stereocenters. The maximum absolute atomic E-state index is 12.3. The monoisotopic (exact) mass is 369 g/mol. The van der Waals surface area contributed by atoms with Gasteiger partial charge in [-0.2, -0.15) is 0 Å². The van der Waals surface area contributed by atoms with Crippen molar-refractivity contribution in [3.05, 3.63) is 70.4 Å². The zero-order valence-corrected chi connectivity index (χ0v) is 15.2. The van der Waals surface area contributed by atoms with Gasteiger partial charge in [0.15, 0.2) is 11.5 Å². The lowest BCUT2D eigenvalue weighted by Gasteiger charge is -2.12. The van der Waals surface area contributed by atoms with Gasteiger partial charge in [-0.1, -0.05) is 6.07 Å². The maximum atomic E-state index is 12.3. The van der Waals surface area contributed by atoms with E-state index in [1.54, 1.807) is 37.0 Å². The van der Waals surface area contributed by atoms with Crippen molar-refractivity contribution < 1.29 is 14.3 Å². The van der Waals surface area contributed by atoms with Crippen molar-refractivity contribution in [3.63, 3.8) is 0 Å². The molecule has 0 saturated heterocycles. The van der Waals surface area contributed by atoms with Gasteiger partial charge in [0, 0.05) is 35.8 Å². The highest BCUT2D eigenvalue weighted by atomic mass is 32.1. The molecule has 0 bridgehead atoms. The number of methoxy groups -OCH3 is 1. The van der Waals surface area contributed by atoms with E-state index in [2.05, 4.69) is 15.3 Å². The van der Waals surface area contributed by atoms with E-state index in [4.69, 9.17) is 9.47 Å². The molecule has 2 aromatic heterocycles. The zero-order chi connectivity index (χ0) is 18.2. The van der Waals surface area contributed by atoms with E-state index >= 15 is 0 Å². The molecule has 2 heterocycles. The standard InChI is InChI=1S/C19H19N3O3S/c1-24-18-10-14(5-6-17(18)25-11-16-12-26-13-22-16)19(23)21-9-7-15-4-2-3-8-20-15/h2-6,8,10,12-13H,7,9,11H2,1H3,(H,21,23). The highest BCUT2D eigenvalue weighted by Gasteiger charge is 2.11. The lowest BCUT2D eigenvalue weighted by molar-refractivity contribution is 0.0953. The molecule has 0 atom stereocenters. The van der Waals surface area contributed by atoms with Crippen LogP contribution in [0, 0.1) is 0 Å². The number of aromatic nitrogens is 2. The first-order chi connectivity index (χ1) is 12.8. The van der Waals surface area contributed by atoms with Gasteiger partial charge in [0.1, 0.15) is 6.61 Å². The third-order valence-corrected chi connectivity index (χ3v) is 4.31. The summed E-state index contributed by atoms with van der Waals surface area (Å²) in [4.78, 5) is 20.7. The van der Waals surface area contributed by atoms with Crippen LogP contribution in [-0.2, 0) is 13.0 Å². The number of ether oxygens (including phenoxy) is 2. The molecule has 26 heavy (non-hydrogen) atoms. The van der Waals surface area contributed by atoms with Crippen LogP contribution in [0.2, 0.25) is 0 Å². The molecule has 0 spiro atoms. The number of carbonyl (C=O) groups excluding carboxylic acids is 1. The van der Waals surface area contributed by atoms with Crippen LogP contribution in [0.5, 0.6) is 11.5 Å². The number of amides is 1. The lowest BCUT2D eigenvalue weighted by Crippen LogP contribution is -2.25. The number of nitrogens with zero attached hydrogens (tertiary/aromatic N) is 2. The molecule has 0 saturated carbocycles. The second-order valence-corrected chi connectivity index (χ2v) is 6.18. The van der Waals surface area contributed by atoms with Gasteiger partial charge in [-0.05, 0) is 30.3 Å². The third kappa shape index (κ3) is 4.80. The van der Waals surface area contributed by atoms with E-state index in [1.807, 2.05) is 23.6 Å². The minimum Gasteiger partial charge on any atom is -0.493 e. The molecule has 1 N–H and O–H groups in total. The van der Waals surface area contributed by atoms with E-state index in [9.17, 15) is 4.79 Å². The van der Waals surface area contributed by atoms with Gasteiger partial charge in [-0.25, -0.2) is 4.98 Å². The fraction of sp³-hybridized carbons (Fsp3) is 0.211. The molecule has 0 aliphatic rings. The Bertz CT molecular complexity index is 839. The van der Waals surface area contributed by atoms with Crippen LogP contribution < -0.4 is 14.8 Å². The summed E-state index contributed by atoms with van der Waals surface area (Å²) in [7, 11) is 1.55. The molecular formula is C19H19N3O3S. The first-order valence-corrected chi connectivity index (χ1v) is 9.06. The fourth-order valence-electron chi connectivity index (χ4n) is 2.34. The van der Waals surface area contributed by atoms with Crippen molar-refractivity contribution in [1.29, 1.82) is 0 Å². The Kier molecular flexibility index (Phi) is 6.16. The lowest BCUT2D eigenvalue weighted by atomic mass is 10.2. The molecule has 0 fully saturated rings. The Morgan fingerprint density at radius 3 is 2.81 bits per heavy atom. The number of rotatable bonds is 8. The van der Waals surface area contributed by atoms with Crippen molar-refractivity contribution in [2.75, 3.05) is 13.7 Å². The number of nitrogens with one attached hydrogen (secondary N) is 1. The molecule has 134 valence electrons. The number of hydrogen-bond acceptors (Lipinski definition) is 6. The topological polar surface area (TPSA) is 73.3 Å². The first-order valence-electron chi connectivity index (χ1n) is 8.12. The summed E-state index contributed by atoms with van der Waals surface area (Å²) in [6, 6.07) is 10.9. The van der Waals surface area contributed by atoms with Crippen LogP contribution in [0.4, 0.5) is 0 Å². The van der Waals surface area contributed by atoms with Crippen LogP contribution in [0.3, 0.4) is 0 Å². The quantitative estimate of drug-likeness (QED) is 0.660. The summed E-state index contributed by atoms with van der Waals surface area (Å²) in [5, 5.41) is 4.82. The molecule has 7 heteroatoms. The minimum atomic E-state index is -0.162. The van der Waals surface area contributed by atoms with Crippen LogP contribution in [0.15, 0.2) is 53.5 Å². The Hall–Kier alpha value is -2.93. The second kappa shape index (κ2) is 8.96. The predicted octanol–water partition coefficient (Wildman–Crippen LogP) is 3.10. The van der Waals surface area contributed by atoms with Crippen LogP contribution in [-0.4, -0.2) is 29.5 Å². The second-order valence-electron chi connectivity index (χ2n) is 5.46. The number of carbonyl (C=O) groups is 1. The highest BCUT2D eigenvalue weighted by molar-refractivity contribution is 7.07. The Balaban J connectivity index is 1.57. The fourth-order valence-corrected chi connectivity index (χ4v) is 2.88. The van der Waals surface area contributed by atoms with Crippen LogP contribution in [0.1, 0.15) is 21.7 Å². The molecular weight excluding hydrogens is 350 g/mol. The Morgan fingerprint density at radius 2 is 2.08 bits per heavy atom. The molecule has 0 aliphatic heterocycles. The molecule has 3 aromatic rings. The molecule has 3 rings (SSSR count). The zero-order valence-electron chi connectivity index (χ0n) is 14.3. The summed E-state index contributed by atoms with van der Waals surface area (Å²) in [6.45, 7) is 0.871. The van der Waals surface area contributed by atoms with E-state index < -0.39 is 0 Å². The largest absolute Gasteiger partial charge is 0.493 e. The minimum absolute atomic E-state index is 0.162. The molecule has 1 amide bonds. The van der Waals surface area contributed by atoms with Crippen LogP contribution in [0.25, 0.3) is 0 Å². The first kappa shape index (κ1) is 17.9. The van der Waals surface area contributed by atoms with Crippen molar-refractivity contribution in [1.82, 2.24) is 15.3 Å². The number of benzene rings is 1. The summed E-state index contributed by atoms with van der Waals surface area (Å²) in [5.74, 6) is 0.924. The highest BCUT2D eigenvalue weighted by Crippen LogP contribution is 2.28. The maximum Gasteiger partial charge on any atom is 0.251 e. The summed E-state index contributed by atoms with van der Waals surface area (Å²) >= 11 is 1.52. The van der Waals surface area contributed by atoms with Crippen LogP contribution >= 0.6 is 11.3 Å². The number of pyridine rings is 1. The summed E-state index contributed by atoms with van der Waals surface area (Å²) < 4.78 is 11.1. The predicted molar refractivity (Wildman–Crippen MR) is 99.7 cm³/mol. The van der Waals surface area contributed by atoms with Crippen molar-refractivity contribution in [2.24, 2.45) is 0 Å². The molecule has 1 aromatic carbocycles. The summed E-state index contributed by atoms with van der Waals surface area (Å²) in [5.41, 5.74) is 4.07. The normalized spacial score (nSPS) is 10.3. The van der Waals surface area contributed by atoms with Crippen molar-refractivity contribution in [3.8, 4) is 11.5 Å². The van der Waals surface area contributed by atoms with Gasteiger partial charge < -0.3 is 14.8 Å². The van der Waals surface area contributed by atoms with E-state index in [-0.39, 0.29) is 5.91 Å². The Morgan fingerprint density at radius 1 is 1.15 bits per heavy atom. The van der Waals surface area contributed by atoms with Gasteiger partial charge in [-0.3, -0.25) is 9.78 Å². The molecule has 6 nitrogen and oxygen atoms in total. The van der Waals surface area contributed by atoms with E-state index in [1.165, 1.54) is 11.3 Å². The molecule has 0 aliphatic carbocycles. The molecule has 0 radical (unpaired) electrons. The van der Waals surface area contributed by atoms with Gasteiger partial charge in [0.05, 0.1) is 18.3 Å². The van der Waals surface area contributed by atoms with Crippen molar-refractivity contribution in [2.45, 2.75) is 13.0 Å². The summed E-state index contributed by atoms with van der Waals surface area (Å²) in [6.07, 6.45) is 2.42. The van der Waals surface area contributed by atoms with Crippen molar-refractivity contribution >= 4 is 17.2 Å². The van der Waals surface area contributed by atoms with Gasteiger partial charge in [0.25, 0.3) is 5.91 Å². The smallest absolute Gasteiger partial charge is 0.251 e. The number of thiazole rings is 1. The Labute approximate surface area is 155 Å². The average Bonchev–Trinajstić information content (AvgIpc) is 3.20. The average molecular weight is 369 g/mol. The van der Waals surface area contributed by atoms with Gasteiger partial charge in [0.2, 0.25) is 0 Å². The van der Waals surface area contributed by atoms with E-state index in [0.717, 1.165) is 11.4 Å². The van der Waals surface area contributed by atoms with Gasteiger partial charge in [-0.15, -0.1) is 11.3 Å².